The zero-order valence-corrected chi connectivity index (χ0v) is 17.8. The molecule has 0 atom stereocenters. The van der Waals surface area contributed by atoms with Crippen LogP contribution >= 0.6 is 0 Å². The van der Waals surface area contributed by atoms with Gasteiger partial charge in [0.05, 0.1) is 24.3 Å². The second kappa shape index (κ2) is 7.72. The van der Waals surface area contributed by atoms with Gasteiger partial charge in [-0.25, -0.2) is 9.50 Å². The highest BCUT2D eigenvalue weighted by molar-refractivity contribution is 5.94. The number of hydrogen-bond donors (Lipinski definition) is 0. The molecule has 164 valence electrons. The van der Waals surface area contributed by atoms with Crippen LogP contribution in [0.5, 0.6) is 0 Å². The number of pyridine rings is 1. The molecular weight excluding hydrogens is 406 g/mol. The van der Waals surface area contributed by atoms with Gasteiger partial charge in [-0.15, -0.1) is 0 Å². The number of para-hydroxylation sites is 1. The maximum Gasteiger partial charge on any atom is 0.255 e. The maximum atomic E-state index is 13.0. The van der Waals surface area contributed by atoms with Crippen molar-refractivity contribution in [2.75, 3.05) is 32.8 Å². The molecule has 2 aliphatic heterocycles. The number of carbonyl (C=O) groups excluding carboxylic acids is 1. The van der Waals surface area contributed by atoms with Crippen LogP contribution in [-0.4, -0.2) is 68.7 Å². The Morgan fingerprint density at radius 2 is 1.97 bits per heavy atom. The number of benzene rings is 1. The molecule has 8 nitrogen and oxygen atoms in total. The van der Waals surface area contributed by atoms with Crippen molar-refractivity contribution in [2.24, 2.45) is 0 Å². The predicted octanol–water partition coefficient (Wildman–Crippen LogP) is 2.98. The van der Waals surface area contributed by atoms with E-state index in [0.717, 1.165) is 54.9 Å². The zero-order chi connectivity index (χ0) is 21.5. The van der Waals surface area contributed by atoms with Crippen LogP contribution in [0.1, 0.15) is 29.0 Å². The quantitative estimate of drug-likeness (QED) is 0.496. The van der Waals surface area contributed by atoms with E-state index in [9.17, 15) is 4.79 Å². The minimum Gasteiger partial charge on any atom is -0.460 e. The average molecular weight is 431 g/mol. The summed E-state index contributed by atoms with van der Waals surface area (Å²) in [5.41, 5.74) is 2.10. The Labute approximate surface area is 185 Å². The number of amides is 1. The lowest BCUT2D eigenvalue weighted by Gasteiger charge is -2.47. The fraction of sp³-hybridized carbons (Fsp3) is 0.375. The second-order valence-corrected chi connectivity index (χ2v) is 8.77. The van der Waals surface area contributed by atoms with E-state index in [-0.39, 0.29) is 11.5 Å². The number of nitrogens with zero attached hydrogens (tertiary/aromatic N) is 5. The lowest BCUT2D eigenvalue weighted by molar-refractivity contribution is -0.134. The maximum absolute atomic E-state index is 13.0. The van der Waals surface area contributed by atoms with Crippen molar-refractivity contribution in [3.8, 4) is 0 Å². The van der Waals surface area contributed by atoms with Crippen LogP contribution in [0.25, 0.3) is 16.6 Å². The molecule has 0 aliphatic carbocycles. The second-order valence-electron chi connectivity index (χ2n) is 8.77. The number of aromatic nitrogens is 3. The van der Waals surface area contributed by atoms with E-state index < -0.39 is 0 Å². The van der Waals surface area contributed by atoms with Crippen LogP contribution in [0.2, 0.25) is 0 Å². The molecule has 0 unspecified atom stereocenters. The lowest BCUT2D eigenvalue weighted by atomic mass is 9.89. The van der Waals surface area contributed by atoms with Gasteiger partial charge in [0, 0.05) is 37.8 Å². The fourth-order valence-corrected chi connectivity index (χ4v) is 4.94. The van der Waals surface area contributed by atoms with E-state index in [1.165, 1.54) is 6.33 Å². The number of morpholine rings is 1. The molecule has 4 aromatic rings. The standard InChI is InChI=1S/C24H25N5O3/c30-23(19-5-6-22-25-17-26-29(22)14-19)28-9-7-24(8-10-28)16-27(11-12-31-24)15-20-13-18-3-1-2-4-21(18)32-20/h1-6,13-14,17H,7-12,15-16H2. The van der Waals surface area contributed by atoms with Crippen LogP contribution in [0, 0.1) is 0 Å². The number of ether oxygens (including phenoxy) is 1. The van der Waals surface area contributed by atoms with Gasteiger partial charge in [-0.2, -0.15) is 5.10 Å². The van der Waals surface area contributed by atoms with Crippen molar-refractivity contribution < 1.29 is 13.9 Å². The number of fused-ring (bicyclic) bond motifs is 2. The molecule has 5 heterocycles. The van der Waals surface area contributed by atoms with E-state index in [2.05, 4.69) is 27.1 Å². The van der Waals surface area contributed by atoms with Crippen molar-refractivity contribution in [2.45, 2.75) is 25.0 Å². The Kier molecular flexibility index (Phi) is 4.69. The number of carbonyl (C=O) groups is 1. The van der Waals surface area contributed by atoms with Crippen LogP contribution in [0.4, 0.5) is 0 Å². The van der Waals surface area contributed by atoms with Gasteiger partial charge >= 0.3 is 0 Å². The van der Waals surface area contributed by atoms with Crippen molar-refractivity contribution >= 4 is 22.5 Å². The van der Waals surface area contributed by atoms with E-state index >= 15 is 0 Å². The Hall–Kier alpha value is -3.23. The summed E-state index contributed by atoms with van der Waals surface area (Å²) < 4.78 is 13.9. The summed E-state index contributed by atoms with van der Waals surface area (Å²) in [6, 6.07) is 13.9. The third-order valence-corrected chi connectivity index (χ3v) is 6.67. The molecule has 2 aliphatic rings. The van der Waals surface area contributed by atoms with Gasteiger partial charge in [-0.05, 0) is 37.1 Å². The van der Waals surface area contributed by atoms with Crippen molar-refractivity contribution in [3.63, 3.8) is 0 Å². The molecule has 1 spiro atoms. The Balaban J connectivity index is 1.11. The minimum absolute atomic E-state index is 0.0344. The third kappa shape index (κ3) is 3.55. The first kappa shape index (κ1) is 19.5. The lowest BCUT2D eigenvalue weighted by Crippen LogP contribution is -2.57. The van der Waals surface area contributed by atoms with Crippen LogP contribution < -0.4 is 0 Å². The zero-order valence-electron chi connectivity index (χ0n) is 17.8. The molecule has 6 rings (SSSR count). The number of furan rings is 1. The van der Waals surface area contributed by atoms with Crippen molar-refractivity contribution in [3.05, 3.63) is 66.3 Å². The SMILES string of the molecule is O=C(c1ccc2ncnn2c1)N1CCC2(CC1)CN(Cc1cc3ccccc3o1)CCO2. The van der Waals surface area contributed by atoms with Gasteiger partial charge in [-0.1, -0.05) is 18.2 Å². The monoisotopic (exact) mass is 431 g/mol. The number of piperidine rings is 1. The number of rotatable bonds is 3. The van der Waals surface area contributed by atoms with E-state index in [1.54, 1.807) is 10.7 Å². The molecule has 2 fully saturated rings. The highest BCUT2D eigenvalue weighted by Gasteiger charge is 2.40. The van der Waals surface area contributed by atoms with Crippen LogP contribution in [0.3, 0.4) is 0 Å². The smallest absolute Gasteiger partial charge is 0.255 e. The molecule has 32 heavy (non-hydrogen) atoms. The summed E-state index contributed by atoms with van der Waals surface area (Å²) in [6.45, 7) is 4.60. The Morgan fingerprint density at radius 1 is 1.09 bits per heavy atom. The molecule has 0 radical (unpaired) electrons. The molecule has 0 saturated carbocycles. The number of hydrogen-bond acceptors (Lipinski definition) is 6. The Bertz CT molecular complexity index is 1240. The first-order chi connectivity index (χ1) is 15.7. The normalized spacial score (nSPS) is 19.2. The summed E-state index contributed by atoms with van der Waals surface area (Å²) in [5, 5.41) is 5.27. The summed E-state index contributed by atoms with van der Waals surface area (Å²) in [6.07, 6.45) is 4.91. The van der Waals surface area contributed by atoms with Crippen LogP contribution in [-0.2, 0) is 11.3 Å². The molecule has 3 aromatic heterocycles. The van der Waals surface area contributed by atoms with Gasteiger partial charge in [0.25, 0.3) is 5.91 Å². The number of likely N-dealkylation sites (tertiary alicyclic amines) is 1. The first-order valence-corrected chi connectivity index (χ1v) is 11.1. The third-order valence-electron chi connectivity index (χ3n) is 6.67. The highest BCUT2D eigenvalue weighted by Crippen LogP contribution is 2.32. The molecular formula is C24H25N5O3. The predicted molar refractivity (Wildman–Crippen MR) is 118 cm³/mol. The van der Waals surface area contributed by atoms with Crippen molar-refractivity contribution in [1.29, 1.82) is 0 Å². The van der Waals surface area contributed by atoms with E-state index in [0.29, 0.717) is 25.3 Å². The molecule has 2 saturated heterocycles. The molecule has 0 bridgehead atoms. The first-order valence-electron chi connectivity index (χ1n) is 11.1. The summed E-state index contributed by atoms with van der Waals surface area (Å²) in [4.78, 5) is 21.5. The van der Waals surface area contributed by atoms with Gasteiger partial charge < -0.3 is 14.1 Å². The largest absolute Gasteiger partial charge is 0.460 e. The van der Waals surface area contributed by atoms with E-state index in [1.807, 2.05) is 35.2 Å². The van der Waals surface area contributed by atoms with Crippen LogP contribution in [0.15, 0.2) is 59.4 Å². The molecule has 0 N–H and O–H groups in total. The topological polar surface area (TPSA) is 76.1 Å². The van der Waals surface area contributed by atoms with E-state index in [4.69, 9.17) is 9.15 Å². The van der Waals surface area contributed by atoms with Gasteiger partial charge in [0.2, 0.25) is 0 Å². The Morgan fingerprint density at radius 3 is 2.84 bits per heavy atom. The summed E-state index contributed by atoms with van der Waals surface area (Å²) in [7, 11) is 0. The van der Waals surface area contributed by atoms with Crippen molar-refractivity contribution in [1.82, 2.24) is 24.4 Å². The summed E-state index contributed by atoms with van der Waals surface area (Å²) in [5.74, 6) is 1.02. The highest BCUT2D eigenvalue weighted by atomic mass is 16.5. The molecule has 8 heteroatoms. The minimum atomic E-state index is -0.198. The fourth-order valence-electron chi connectivity index (χ4n) is 4.94. The van der Waals surface area contributed by atoms with Gasteiger partial charge in [-0.3, -0.25) is 9.69 Å². The molecule has 1 amide bonds. The van der Waals surface area contributed by atoms with Gasteiger partial charge in [0.15, 0.2) is 5.65 Å². The molecule has 1 aromatic carbocycles. The van der Waals surface area contributed by atoms with Gasteiger partial charge in [0.1, 0.15) is 17.7 Å². The average Bonchev–Trinajstić information content (AvgIpc) is 3.45. The summed E-state index contributed by atoms with van der Waals surface area (Å²) >= 11 is 0.